The van der Waals surface area contributed by atoms with E-state index in [-0.39, 0.29) is 17.1 Å². The zero-order valence-electron chi connectivity index (χ0n) is 10.4. The monoisotopic (exact) mass is 269 g/mol. The summed E-state index contributed by atoms with van der Waals surface area (Å²) in [5, 5.41) is 31.6. The maximum atomic E-state index is 11.0. The number of aliphatic hydroxyl groups is 1. The third-order valence-electron chi connectivity index (χ3n) is 2.56. The minimum Gasteiger partial charge on any atom is -0.478 e. The highest BCUT2D eigenvalue weighted by Crippen LogP contribution is 2.19. The van der Waals surface area contributed by atoms with Gasteiger partial charge in [0.05, 0.1) is 11.0 Å². The van der Waals surface area contributed by atoms with E-state index in [4.69, 9.17) is 5.11 Å². The van der Waals surface area contributed by atoms with Crippen LogP contribution in [0.25, 0.3) is 0 Å². The summed E-state index contributed by atoms with van der Waals surface area (Å²) in [6, 6.07) is 0.952. The van der Waals surface area contributed by atoms with Gasteiger partial charge in [-0.3, -0.25) is 10.1 Å². The smallest absolute Gasteiger partial charge is 0.339 e. The second-order valence-electron chi connectivity index (χ2n) is 3.93. The van der Waals surface area contributed by atoms with Crippen molar-refractivity contribution in [2.75, 3.05) is 11.9 Å². The Labute approximate surface area is 109 Å². The average molecular weight is 269 g/mol. The number of nitrogens with one attached hydrogen (secondary N) is 1. The zero-order valence-corrected chi connectivity index (χ0v) is 10.4. The first-order valence-electron chi connectivity index (χ1n) is 5.75. The van der Waals surface area contributed by atoms with Crippen molar-refractivity contribution in [2.45, 2.75) is 25.9 Å². The number of nitrogens with zero attached hydrogens (tertiary/aromatic N) is 2. The van der Waals surface area contributed by atoms with Gasteiger partial charge in [0, 0.05) is 12.6 Å². The van der Waals surface area contributed by atoms with Crippen LogP contribution in [-0.2, 0) is 0 Å². The molecule has 0 radical (unpaired) electrons. The van der Waals surface area contributed by atoms with Crippen LogP contribution in [0.2, 0.25) is 0 Å². The molecule has 1 heterocycles. The number of anilines is 1. The van der Waals surface area contributed by atoms with Gasteiger partial charge < -0.3 is 15.5 Å². The molecule has 0 aliphatic heterocycles. The molecule has 0 aromatic carbocycles. The predicted molar refractivity (Wildman–Crippen MR) is 67.3 cm³/mol. The Bertz CT molecular complexity index is 477. The number of pyridine rings is 1. The Kier molecular flexibility index (Phi) is 5.19. The van der Waals surface area contributed by atoms with Gasteiger partial charge >= 0.3 is 5.97 Å². The molecule has 1 unspecified atom stereocenters. The Morgan fingerprint density at radius 2 is 2.32 bits per heavy atom. The van der Waals surface area contributed by atoms with Crippen molar-refractivity contribution in [1.82, 2.24) is 4.98 Å². The summed E-state index contributed by atoms with van der Waals surface area (Å²) in [6.07, 6.45) is 1.55. The van der Waals surface area contributed by atoms with Crippen LogP contribution in [0.3, 0.4) is 0 Å². The van der Waals surface area contributed by atoms with Crippen LogP contribution < -0.4 is 5.32 Å². The molecule has 104 valence electrons. The average Bonchev–Trinajstić information content (AvgIpc) is 2.38. The van der Waals surface area contributed by atoms with E-state index in [0.717, 1.165) is 12.3 Å². The number of carbonyl (C=O) groups is 1. The van der Waals surface area contributed by atoms with Crippen molar-refractivity contribution < 1.29 is 19.9 Å². The third-order valence-corrected chi connectivity index (χ3v) is 2.56. The van der Waals surface area contributed by atoms with Crippen molar-refractivity contribution >= 4 is 17.5 Å². The molecule has 8 nitrogen and oxygen atoms in total. The molecule has 0 aliphatic carbocycles. The lowest BCUT2D eigenvalue weighted by Gasteiger charge is -2.10. The van der Waals surface area contributed by atoms with Gasteiger partial charge in [-0.2, -0.15) is 0 Å². The van der Waals surface area contributed by atoms with Gasteiger partial charge in [-0.05, 0) is 12.8 Å². The van der Waals surface area contributed by atoms with Crippen LogP contribution >= 0.6 is 0 Å². The maximum absolute atomic E-state index is 11.0. The molecular weight excluding hydrogens is 254 g/mol. The van der Waals surface area contributed by atoms with Crippen LogP contribution in [0.5, 0.6) is 0 Å². The van der Waals surface area contributed by atoms with Crippen LogP contribution in [-0.4, -0.2) is 38.7 Å². The summed E-state index contributed by atoms with van der Waals surface area (Å²) in [7, 11) is 0. The number of carboxylic acids is 1. The molecular formula is C11H15N3O5. The molecule has 1 rings (SSSR count). The van der Waals surface area contributed by atoms with Crippen LogP contribution in [0, 0.1) is 10.1 Å². The Morgan fingerprint density at radius 3 is 2.84 bits per heavy atom. The fraction of sp³-hybridized carbons (Fsp3) is 0.455. The summed E-state index contributed by atoms with van der Waals surface area (Å²) >= 11 is 0. The Morgan fingerprint density at radius 1 is 1.63 bits per heavy atom. The molecule has 0 bridgehead atoms. The molecule has 8 heteroatoms. The fourth-order valence-corrected chi connectivity index (χ4v) is 1.42. The fourth-order valence-electron chi connectivity index (χ4n) is 1.42. The first kappa shape index (κ1) is 14.8. The number of nitro groups is 1. The third kappa shape index (κ3) is 4.18. The topological polar surface area (TPSA) is 126 Å². The first-order chi connectivity index (χ1) is 8.95. The quantitative estimate of drug-likeness (QED) is 0.502. The van der Waals surface area contributed by atoms with Crippen molar-refractivity contribution in [3.63, 3.8) is 0 Å². The van der Waals surface area contributed by atoms with Crippen LogP contribution in [0.1, 0.15) is 30.1 Å². The van der Waals surface area contributed by atoms with Crippen LogP contribution in [0.4, 0.5) is 11.5 Å². The number of aliphatic hydroxyl groups excluding tert-OH is 1. The van der Waals surface area contributed by atoms with Gasteiger partial charge in [0.25, 0.3) is 5.69 Å². The molecule has 1 aromatic heterocycles. The predicted octanol–water partition coefficient (Wildman–Crippen LogP) is 1.26. The highest BCUT2D eigenvalue weighted by molar-refractivity contribution is 5.93. The van der Waals surface area contributed by atoms with Gasteiger partial charge in [-0.1, -0.05) is 6.92 Å². The van der Waals surface area contributed by atoms with E-state index in [1.807, 2.05) is 6.92 Å². The van der Waals surface area contributed by atoms with E-state index in [1.54, 1.807) is 0 Å². The summed E-state index contributed by atoms with van der Waals surface area (Å²) in [6.45, 7) is 2.16. The van der Waals surface area contributed by atoms with Gasteiger partial charge in [0.2, 0.25) is 0 Å². The minimum absolute atomic E-state index is 0.0569. The van der Waals surface area contributed by atoms with Crippen molar-refractivity contribution in [3.8, 4) is 0 Å². The lowest BCUT2D eigenvalue weighted by Crippen LogP contribution is -2.15. The second-order valence-corrected chi connectivity index (χ2v) is 3.93. The number of hydrogen-bond donors (Lipinski definition) is 3. The maximum Gasteiger partial charge on any atom is 0.339 e. The van der Waals surface area contributed by atoms with E-state index in [1.165, 1.54) is 0 Å². The molecule has 0 spiro atoms. The van der Waals surface area contributed by atoms with Gasteiger partial charge in [0.15, 0.2) is 0 Å². The van der Waals surface area contributed by atoms with E-state index in [0.29, 0.717) is 19.4 Å². The summed E-state index contributed by atoms with van der Waals surface area (Å²) in [5.74, 6) is -1.24. The molecule has 0 amide bonds. The van der Waals surface area contributed by atoms with E-state index in [2.05, 4.69) is 10.3 Å². The number of hydrogen-bond acceptors (Lipinski definition) is 6. The molecule has 0 fully saturated rings. The summed E-state index contributed by atoms with van der Waals surface area (Å²) < 4.78 is 0. The van der Waals surface area contributed by atoms with E-state index >= 15 is 0 Å². The lowest BCUT2D eigenvalue weighted by atomic mass is 10.2. The number of rotatable bonds is 7. The number of carboxylic acid groups (broad SMARTS) is 1. The van der Waals surface area contributed by atoms with Gasteiger partial charge in [-0.25, -0.2) is 9.78 Å². The molecule has 0 saturated carbocycles. The van der Waals surface area contributed by atoms with Crippen molar-refractivity contribution in [2.24, 2.45) is 0 Å². The van der Waals surface area contributed by atoms with Gasteiger partial charge in [0.1, 0.15) is 17.6 Å². The minimum atomic E-state index is -1.30. The largest absolute Gasteiger partial charge is 0.478 e. The molecule has 0 aliphatic rings. The zero-order chi connectivity index (χ0) is 14.4. The lowest BCUT2D eigenvalue weighted by molar-refractivity contribution is -0.385. The Balaban J connectivity index is 2.82. The SMILES string of the molecule is CCC(O)CCNc1ncc([N+](=O)[O-])cc1C(=O)O. The molecule has 0 saturated heterocycles. The molecule has 3 N–H and O–H groups in total. The molecule has 19 heavy (non-hydrogen) atoms. The molecule has 1 atom stereocenters. The highest BCUT2D eigenvalue weighted by Gasteiger charge is 2.17. The van der Waals surface area contributed by atoms with E-state index in [9.17, 15) is 20.0 Å². The first-order valence-corrected chi connectivity index (χ1v) is 5.75. The summed E-state index contributed by atoms with van der Waals surface area (Å²) in [5.41, 5.74) is -0.642. The van der Waals surface area contributed by atoms with E-state index < -0.39 is 17.0 Å². The highest BCUT2D eigenvalue weighted by atomic mass is 16.6. The second kappa shape index (κ2) is 6.64. The van der Waals surface area contributed by atoms with Crippen molar-refractivity contribution in [1.29, 1.82) is 0 Å². The number of aromatic nitrogens is 1. The standard InChI is InChI=1S/C11H15N3O5/c1-2-8(15)3-4-12-10-9(11(16)17)5-7(6-13-10)14(18)19/h5-6,8,15H,2-4H2,1H3,(H,12,13)(H,16,17). The Hall–Kier alpha value is -2.22. The summed E-state index contributed by atoms with van der Waals surface area (Å²) in [4.78, 5) is 24.6. The molecule has 1 aromatic rings. The van der Waals surface area contributed by atoms with Crippen molar-refractivity contribution in [3.05, 3.63) is 27.9 Å². The van der Waals surface area contributed by atoms with Crippen LogP contribution in [0.15, 0.2) is 12.3 Å². The van der Waals surface area contributed by atoms with Gasteiger partial charge in [-0.15, -0.1) is 0 Å². The number of aromatic carboxylic acids is 1. The normalized spacial score (nSPS) is 11.9.